The highest BCUT2D eigenvalue weighted by Gasteiger charge is 2.26. The quantitative estimate of drug-likeness (QED) is 0.783. The first kappa shape index (κ1) is 11.9. The highest BCUT2D eigenvalue weighted by molar-refractivity contribution is 5.52. The Kier molecular flexibility index (Phi) is 3.33. The monoisotopic (exact) mass is 229 g/mol. The van der Waals surface area contributed by atoms with Gasteiger partial charge in [0.15, 0.2) is 0 Å². The van der Waals surface area contributed by atoms with E-state index in [1.165, 1.54) is 19.3 Å². The molecule has 0 saturated carbocycles. The highest BCUT2D eigenvalue weighted by Crippen LogP contribution is 2.31. The van der Waals surface area contributed by atoms with E-state index in [4.69, 9.17) is 0 Å². The molecular formula is C14H19N3. The molecule has 1 saturated heterocycles. The molecule has 1 aromatic rings. The Labute approximate surface area is 103 Å². The van der Waals surface area contributed by atoms with Crippen molar-refractivity contribution in [2.75, 3.05) is 18.0 Å². The number of pyridine rings is 1. The Hall–Kier alpha value is -1.56. The van der Waals surface area contributed by atoms with Gasteiger partial charge in [0.05, 0.1) is 11.5 Å². The van der Waals surface area contributed by atoms with E-state index in [1.54, 1.807) is 0 Å². The first-order valence-corrected chi connectivity index (χ1v) is 6.27. The lowest BCUT2D eigenvalue weighted by molar-refractivity contribution is 0.565. The van der Waals surface area contributed by atoms with E-state index >= 15 is 0 Å². The molecular weight excluding hydrogens is 210 g/mol. The lowest BCUT2D eigenvalue weighted by Crippen LogP contribution is -2.32. The van der Waals surface area contributed by atoms with Crippen molar-refractivity contribution in [1.29, 1.82) is 5.26 Å². The van der Waals surface area contributed by atoms with Gasteiger partial charge in [-0.05, 0) is 39.2 Å². The second-order valence-electron chi connectivity index (χ2n) is 5.16. The van der Waals surface area contributed by atoms with Gasteiger partial charge in [0, 0.05) is 24.8 Å². The fourth-order valence-corrected chi connectivity index (χ4v) is 2.30. The van der Waals surface area contributed by atoms with Crippen molar-refractivity contribution in [3.05, 3.63) is 23.9 Å². The van der Waals surface area contributed by atoms with Crippen molar-refractivity contribution < 1.29 is 0 Å². The number of hydrogen-bond acceptors (Lipinski definition) is 3. The van der Waals surface area contributed by atoms with Crippen LogP contribution >= 0.6 is 0 Å². The Bertz CT molecular complexity index is 425. The molecule has 0 unspecified atom stereocenters. The third kappa shape index (κ3) is 2.41. The van der Waals surface area contributed by atoms with Gasteiger partial charge in [-0.15, -0.1) is 0 Å². The van der Waals surface area contributed by atoms with Crippen LogP contribution in [0, 0.1) is 11.3 Å². The van der Waals surface area contributed by atoms with Crippen molar-refractivity contribution in [3.8, 4) is 6.07 Å². The van der Waals surface area contributed by atoms with Gasteiger partial charge in [-0.2, -0.15) is 5.26 Å². The summed E-state index contributed by atoms with van der Waals surface area (Å²) >= 11 is 0. The zero-order chi connectivity index (χ0) is 12.3. The predicted molar refractivity (Wildman–Crippen MR) is 68.9 cm³/mol. The van der Waals surface area contributed by atoms with E-state index in [9.17, 15) is 5.26 Å². The van der Waals surface area contributed by atoms with Gasteiger partial charge in [0.2, 0.25) is 0 Å². The van der Waals surface area contributed by atoms with Gasteiger partial charge in [-0.25, -0.2) is 4.98 Å². The summed E-state index contributed by atoms with van der Waals surface area (Å²) < 4.78 is 0. The van der Waals surface area contributed by atoms with Gasteiger partial charge < -0.3 is 4.90 Å². The number of hydrogen-bond donors (Lipinski definition) is 0. The molecule has 0 atom stereocenters. The maximum absolute atomic E-state index is 9.27. The zero-order valence-corrected chi connectivity index (χ0v) is 10.6. The molecule has 0 N–H and O–H groups in total. The summed E-state index contributed by atoms with van der Waals surface area (Å²) in [6.07, 6.45) is 5.58. The summed E-state index contributed by atoms with van der Waals surface area (Å²) in [6, 6.07) is 6.32. The van der Waals surface area contributed by atoms with Crippen LogP contribution in [0.4, 0.5) is 5.82 Å². The number of aromatic nitrogens is 1. The standard InChI is InChI=1S/C14H19N3/c1-14(2,11-15)12-7-6-8-16-13(12)17-9-4-3-5-10-17/h6-8H,3-5,9-10H2,1-2H3. The van der Waals surface area contributed by atoms with Gasteiger partial charge in [0.1, 0.15) is 5.82 Å². The molecule has 1 aliphatic rings. The smallest absolute Gasteiger partial charge is 0.133 e. The fraction of sp³-hybridized carbons (Fsp3) is 0.571. The van der Waals surface area contributed by atoms with E-state index in [-0.39, 0.29) is 0 Å². The minimum Gasteiger partial charge on any atom is -0.356 e. The van der Waals surface area contributed by atoms with Crippen LogP contribution in [0.2, 0.25) is 0 Å². The molecule has 3 nitrogen and oxygen atoms in total. The number of piperidine rings is 1. The zero-order valence-electron chi connectivity index (χ0n) is 10.6. The van der Waals surface area contributed by atoms with Crippen LogP contribution in [0.15, 0.2) is 18.3 Å². The third-order valence-electron chi connectivity index (χ3n) is 3.40. The maximum atomic E-state index is 9.27. The van der Waals surface area contributed by atoms with Crippen molar-refractivity contribution >= 4 is 5.82 Å². The van der Waals surface area contributed by atoms with E-state index < -0.39 is 5.41 Å². The first-order valence-electron chi connectivity index (χ1n) is 6.27. The summed E-state index contributed by atoms with van der Waals surface area (Å²) in [5, 5.41) is 9.27. The molecule has 0 bridgehead atoms. The Balaban J connectivity index is 2.37. The molecule has 2 heterocycles. The topological polar surface area (TPSA) is 39.9 Å². The Morgan fingerprint density at radius 3 is 2.65 bits per heavy atom. The average molecular weight is 229 g/mol. The summed E-state index contributed by atoms with van der Waals surface area (Å²) in [6.45, 7) is 6.03. The van der Waals surface area contributed by atoms with Gasteiger partial charge in [0.25, 0.3) is 0 Å². The number of rotatable bonds is 2. The second kappa shape index (κ2) is 4.75. The molecule has 0 amide bonds. The fourth-order valence-electron chi connectivity index (χ4n) is 2.30. The number of nitrogens with zero attached hydrogens (tertiary/aromatic N) is 3. The lowest BCUT2D eigenvalue weighted by Gasteiger charge is -2.31. The van der Waals surface area contributed by atoms with Gasteiger partial charge >= 0.3 is 0 Å². The van der Waals surface area contributed by atoms with Crippen LogP contribution in [-0.4, -0.2) is 18.1 Å². The van der Waals surface area contributed by atoms with Crippen molar-refractivity contribution in [2.45, 2.75) is 38.5 Å². The molecule has 1 aromatic heterocycles. The van der Waals surface area contributed by atoms with Crippen LogP contribution in [-0.2, 0) is 5.41 Å². The Morgan fingerprint density at radius 2 is 2.00 bits per heavy atom. The molecule has 1 aliphatic heterocycles. The van der Waals surface area contributed by atoms with Crippen LogP contribution in [0.3, 0.4) is 0 Å². The third-order valence-corrected chi connectivity index (χ3v) is 3.40. The largest absolute Gasteiger partial charge is 0.356 e. The molecule has 17 heavy (non-hydrogen) atoms. The highest BCUT2D eigenvalue weighted by atomic mass is 15.2. The maximum Gasteiger partial charge on any atom is 0.133 e. The minimum absolute atomic E-state index is 0.471. The van der Waals surface area contributed by atoms with Crippen molar-refractivity contribution in [1.82, 2.24) is 4.98 Å². The van der Waals surface area contributed by atoms with Gasteiger partial charge in [-0.1, -0.05) is 6.07 Å². The molecule has 2 rings (SSSR count). The van der Waals surface area contributed by atoms with Crippen molar-refractivity contribution in [2.24, 2.45) is 0 Å². The molecule has 90 valence electrons. The second-order valence-corrected chi connectivity index (χ2v) is 5.16. The van der Waals surface area contributed by atoms with E-state index in [0.29, 0.717) is 0 Å². The molecule has 1 fully saturated rings. The van der Waals surface area contributed by atoms with Gasteiger partial charge in [-0.3, -0.25) is 0 Å². The van der Waals surface area contributed by atoms with E-state index in [1.807, 2.05) is 32.2 Å². The van der Waals surface area contributed by atoms with Crippen molar-refractivity contribution in [3.63, 3.8) is 0 Å². The van der Waals surface area contributed by atoms with E-state index in [0.717, 1.165) is 24.5 Å². The van der Waals surface area contributed by atoms with E-state index in [2.05, 4.69) is 16.0 Å². The molecule has 0 aromatic carbocycles. The van der Waals surface area contributed by atoms with Crippen LogP contribution in [0.1, 0.15) is 38.7 Å². The number of nitriles is 1. The van der Waals surface area contributed by atoms with Crippen LogP contribution in [0.25, 0.3) is 0 Å². The predicted octanol–water partition coefficient (Wildman–Crippen LogP) is 2.87. The molecule has 0 radical (unpaired) electrons. The minimum atomic E-state index is -0.471. The molecule has 0 spiro atoms. The lowest BCUT2D eigenvalue weighted by atomic mass is 9.86. The summed E-state index contributed by atoms with van der Waals surface area (Å²) in [7, 11) is 0. The first-order chi connectivity index (χ1) is 8.15. The van der Waals surface area contributed by atoms with Crippen LogP contribution < -0.4 is 4.90 Å². The normalized spacial score (nSPS) is 16.6. The SMILES string of the molecule is CC(C)(C#N)c1cccnc1N1CCCCC1. The molecule has 0 aliphatic carbocycles. The summed E-state index contributed by atoms with van der Waals surface area (Å²) in [5.41, 5.74) is 0.575. The number of anilines is 1. The van der Waals surface area contributed by atoms with Crippen LogP contribution in [0.5, 0.6) is 0 Å². The average Bonchev–Trinajstić information content (AvgIpc) is 2.40. The Morgan fingerprint density at radius 1 is 1.29 bits per heavy atom. The summed E-state index contributed by atoms with van der Waals surface area (Å²) in [4.78, 5) is 6.81. The molecule has 3 heteroatoms. The summed E-state index contributed by atoms with van der Waals surface area (Å²) in [5.74, 6) is 0.999.